The van der Waals surface area contributed by atoms with Gasteiger partial charge in [-0.1, -0.05) is 24.3 Å². The Morgan fingerprint density at radius 1 is 1.40 bits per heavy atom. The van der Waals surface area contributed by atoms with Crippen LogP contribution in [0.4, 0.5) is 0 Å². The van der Waals surface area contributed by atoms with E-state index in [4.69, 9.17) is 0 Å². The van der Waals surface area contributed by atoms with Gasteiger partial charge in [0, 0.05) is 12.3 Å². The third-order valence-corrected chi connectivity index (χ3v) is 3.27. The number of aliphatic hydroxyl groups excluding tert-OH is 1. The first-order valence-corrected chi connectivity index (χ1v) is 5.04. The first-order chi connectivity index (χ1) is 7.31. The normalized spacial score (nSPS) is 30.1. The molecule has 3 heteroatoms. The molecule has 1 amide bonds. The van der Waals surface area contributed by atoms with Crippen LogP contribution in [-0.4, -0.2) is 11.0 Å². The van der Waals surface area contributed by atoms with Crippen LogP contribution in [0.3, 0.4) is 0 Å². The van der Waals surface area contributed by atoms with E-state index in [9.17, 15) is 9.90 Å². The zero-order chi connectivity index (χ0) is 10.4. The maximum atomic E-state index is 11.3. The number of hydrogen-bond donors (Lipinski definition) is 2. The fourth-order valence-electron chi connectivity index (χ4n) is 2.63. The molecule has 1 fully saturated rings. The maximum Gasteiger partial charge on any atom is 0.221 e. The van der Waals surface area contributed by atoms with Gasteiger partial charge in [0.2, 0.25) is 5.91 Å². The number of rotatable bonds is 0. The van der Waals surface area contributed by atoms with Crippen LogP contribution in [0, 0.1) is 5.92 Å². The molecule has 2 N–H and O–H groups in total. The molecule has 15 heavy (non-hydrogen) atoms. The van der Waals surface area contributed by atoms with E-state index in [0.29, 0.717) is 6.42 Å². The Labute approximate surface area is 87.4 Å². The summed E-state index contributed by atoms with van der Waals surface area (Å²) in [6.45, 7) is 0. The van der Waals surface area contributed by atoms with Crippen LogP contribution in [0.2, 0.25) is 0 Å². The second-order valence-electron chi connectivity index (χ2n) is 4.03. The molecule has 0 aromatic heterocycles. The van der Waals surface area contributed by atoms with Crippen LogP contribution in [0.15, 0.2) is 30.5 Å². The first-order valence-electron chi connectivity index (χ1n) is 5.04. The van der Waals surface area contributed by atoms with Crippen molar-refractivity contribution >= 4 is 11.5 Å². The van der Waals surface area contributed by atoms with Crippen LogP contribution in [0.1, 0.15) is 23.6 Å². The molecular formula is C12H11NO2. The monoisotopic (exact) mass is 201 g/mol. The van der Waals surface area contributed by atoms with Crippen molar-refractivity contribution in [2.45, 2.75) is 12.5 Å². The molecule has 1 aliphatic heterocycles. The van der Waals surface area contributed by atoms with Gasteiger partial charge < -0.3 is 10.4 Å². The predicted octanol–water partition coefficient (Wildman–Crippen LogP) is 1.78. The quantitative estimate of drug-likeness (QED) is 0.628. The first kappa shape index (κ1) is 8.53. The number of benzene rings is 1. The summed E-state index contributed by atoms with van der Waals surface area (Å²) in [5.41, 5.74) is 3.07. The van der Waals surface area contributed by atoms with Crippen LogP contribution < -0.4 is 5.32 Å². The lowest BCUT2D eigenvalue weighted by Crippen LogP contribution is -2.18. The van der Waals surface area contributed by atoms with Crippen molar-refractivity contribution in [2.24, 2.45) is 5.92 Å². The van der Waals surface area contributed by atoms with Crippen LogP contribution in [0.5, 0.6) is 0 Å². The van der Waals surface area contributed by atoms with Crippen molar-refractivity contribution in [3.63, 3.8) is 0 Å². The zero-order valence-corrected chi connectivity index (χ0v) is 8.10. The molecule has 1 aromatic rings. The average molecular weight is 201 g/mol. The van der Waals surface area contributed by atoms with Crippen molar-refractivity contribution in [3.8, 4) is 0 Å². The van der Waals surface area contributed by atoms with Gasteiger partial charge in [-0.25, -0.2) is 0 Å². The molecule has 0 spiro atoms. The molecule has 1 aliphatic carbocycles. The van der Waals surface area contributed by atoms with Gasteiger partial charge in [0.15, 0.2) is 0 Å². The molecule has 3 nitrogen and oxygen atoms in total. The summed E-state index contributed by atoms with van der Waals surface area (Å²) in [6, 6.07) is 7.97. The number of nitrogens with one attached hydrogen (secondary N) is 1. The van der Waals surface area contributed by atoms with E-state index < -0.39 is 0 Å². The van der Waals surface area contributed by atoms with Crippen LogP contribution in [-0.2, 0) is 4.79 Å². The van der Waals surface area contributed by atoms with Crippen molar-refractivity contribution in [1.82, 2.24) is 5.32 Å². The fourth-order valence-corrected chi connectivity index (χ4v) is 2.63. The highest BCUT2D eigenvalue weighted by molar-refractivity contribution is 5.88. The summed E-state index contributed by atoms with van der Waals surface area (Å²) in [7, 11) is 0. The van der Waals surface area contributed by atoms with E-state index in [2.05, 4.69) is 5.32 Å². The number of amides is 1. The van der Waals surface area contributed by atoms with Gasteiger partial charge >= 0.3 is 0 Å². The lowest BCUT2D eigenvalue weighted by atomic mass is 9.98. The van der Waals surface area contributed by atoms with E-state index >= 15 is 0 Å². The molecule has 1 saturated heterocycles. The highest BCUT2D eigenvalue weighted by Crippen LogP contribution is 2.48. The smallest absolute Gasteiger partial charge is 0.221 e. The summed E-state index contributed by atoms with van der Waals surface area (Å²) in [6.07, 6.45) is 1.62. The van der Waals surface area contributed by atoms with Crippen molar-refractivity contribution < 1.29 is 9.90 Å². The molecule has 76 valence electrons. The molecule has 2 aliphatic rings. The van der Waals surface area contributed by atoms with Gasteiger partial charge in [0.25, 0.3) is 0 Å². The number of carbonyl (C=O) groups excluding carboxylic acids is 1. The lowest BCUT2D eigenvalue weighted by Gasteiger charge is -2.08. The second kappa shape index (κ2) is 2.86. The van der Waals surface area contributed by atoms with E-state index in [-0.39, 0.29) is 17.9 Å². The summed E-state index contributed by atoms with van der Waals surface area (Å²) >= 11 is 0. The van der Waals surface area contributed by atoms with Crippen molar-refractivity contribution in [3.05, 3.63) is 41.7 Å². The Morgan fingerprint density at radius 3 is 3.00 bits per heavy atom. The third kappa shape index (κ3) is 1.03. The second-order valence-corrected chi connectivity index (χ2v) is 4.03. The third-order valence-electron chi connectivity index (χ3n) is 3.27. The Bertz CT molecular complexity index is 464. The standard InChI is InChI=1S/C12H11NO2/c14-6-10-7-3-1-2-4-8(7)12-9(10)5-11(15)13-12/h1-4,6,9,12,14H,5H2,(H,13,15). The minimum Gasteiger partial charge on any atom is -0.515 e. The van der Waals surface area contributed by atoms with Gasteiger partial charge in [-0.3, -0.25) is 4.79 Å². The molecule has 0 saturated carbocycles. The molecule has 1 heterocycles. The van der Waals surface area contributed by atoms with Gasteiger partial charge in [0.1, 0.15) is 0 Å². The van der Waals surface area contributed by atoms with Crippen molar-refractivity contribution in [1.29, 1.82) is 0 Å². The summed E-state index contributed by atoms with van der Waals surface area (Å²) < 4.78 is 0. The minimum absolute atomic E-state index is 0.0621. The maximum absolute atomic E-state index is 11.3. The molecule has 3 rings (SSSR count). The number of hydrogen-bond acceptors (Lipinski definition) is 2. The Hall–Kier alpha value is -1.77. The van der Waals surface area contributed by atoms with Gasteiger partial charge in [-0.05, 0) is 16.7 Å². The van der Waals surface area contributed by atoms with Crippen LogP contribution in [0.25, 0.3) is 5.57 Å². The Balaban J connectivity index is 2.18. The number of carbonyl (C=O) groups is 1. The molecule has 0 bridgehead atoms. The van der Waals surface area contributed by atoms with E-state index in [1.165, 1.54) is 0 Å². The molecular weight excluding hydrogens is 190 g/mol. The Morgan fingerprint density at radius 2 is 2.20 bits per heavy atom. The van der Waals surface area contributed by atoms with Crippen molar-refractivity contribution in [2.75, 3.05) is 0 Å². The highest BCUT2D eigenvalue weighted by atomic mass is 16.2. The van der Waals surface area contributed by atoms with Gasteiger partial charge in [0.05, 0.1) is 12.3 Å². The summed E-state index contributed by atoms with van der Waals surface area (Å²) in [4.78, 5) is 11.3. The number of fused-ring (bicyclic) bond motifs is 3. The zero-order valence-electron chi connectivity index (χ0n) is 8.10. The molecule has 2 unspecified atom stereocenters. The van der Waals surface area contributed by atoms with E-state index in [1.807, 2.05) is 24.3 Å². The Kier molecular flexibility index (Phi) is 1.63. The summed E-state index contributed by atoms with van der Waals surface area (Å²) in [5.74, 6) is 0.179. The van der Waals surface area contributed by atoms with E-state index in [0.717, 1.165) is 23.0 Å². The average Bonchev–Trinajstić information content (AvgIpc) is 2.73. The lowest BCUT2D eigenvalue weighted by molar-refractivity contribution is -0.119. The summed E-state index contributed by atoms with van der Waals surface area (Å²) in [5, 5.41) is 12.2. The highest BCUT2D eigenvalue weighted by Gasteiger charge is 2.43. The fraction of sp³-hybridized carbons (Fsp3) is 0.250. The molecule has 2 atom stereocenters. The molecule has 1 aromatic carbocycles. The SMILES string of the molecule is O=C1CC2C(=CO)c3ccccc3C2N1. The van der Waals surface area contributed by atoms with Gasteiger partial charge in [-0.15, -0.1) is 0 Å². The van der Waals surface area contributed by atoms with Crippen LogP contribution >= 0.6 is 0 Å². The largest absolute Gasteiger partial charge is 0.515 e. The van der Waals surface area contributed by atoms with Gasteiger partial charge in [-0.2, -0.15) is 0 Å². The van der Waals surface area contributed by atoms with E-state index in [1.54, 1.807) is 0 Å². The minimum atomic E-state index is 0.0621. The molecule has 0 radical (unpaired) electrons. The number of aliphatic hydroxyl groups is 1. The predicted molar refractivity (Wildman–Crippen MR) is 56.0 cm³/mol. The topological polar surface area (TPSA) is 49.3 Å².